The second-order valence-electron chi connectivity index (χ2n) is 7.31. The zero-order chi connectivity index (χ0) is 19.2. The monoisotopic (exact) mass is 360 g/mol. The van der Waals surface area contributed by atoms with Gasteiger partial charge in [0.05, 0.1) is 16.8 Å². The van der Waals surface area contributed by atoms with Crippen LogP contribution in [0.1, 0.15) is 55.5 Å². The molecule has 0 radical (unpaired) electrons. The quantitative estimate of drug-likeness (QED) is 0.532. The van der Waals surface area contributed by atoms with Gasteiger partial charge in [-0.15, -0.1) is 0 Å². The van der Waals surface area contributed by atoms with Gasteiger partial charge in [-0.1, -0.05) is 68.1 Å². The second kappa shape index (κ2) is 8.81. The lowest BCUT2D eigenvalue weighted by atomic mass is 10.0. The van der Waals surface area contributed by atoms with Crippen LogP contribution in [0.2, 0.25) is 0 Å². The number of hydrogen-bond acceptors (Lipinski definition) is 2. The van der Waals surface area contributed by atoms with Crippen LogP contribution in [0.15, 0.2) is 54.6 Å². The standard InChI is InChI=1S/C24H28N2O/c1-4-5-6-11-18(3)25-24(27)21-16-23(19-12-9-10-17(2)15-19)26-22-14-8-7-13-20(21)22/h7-10,12-16,18H,4-6,11H2,1-3H3,(H,25,27). The Bertz CT molecular complexity index is 933. The van der Waals surface area contributed by atoms with E-state index in [9.17, 15) is 4.79 Å². The first-order valence-corrected chi connectivity index (χ1v) is 9.86. The van der Waals surface area contributed by atoms with Crippen molar-refractivity contribution in [1.29, 1.82) is 0 Å². The Labute approximate surface area is 161 Å². The van der Waals surface area contributed by atoms with E-state index in [1.165, 1.54) is 18.4 Å². The van der Waals surface area contributed by atoms with E-state index in [0.29, 0.717) is 5.56 Å². The van der Waals surface area contributed by atoms with E-state index in [4.69, 9.17) is 4.98 Å². The number of para-hydroxylation sites is 1. The predicted molar refractivity (Wildman–Crippen MR) is 113 cm³/mol. The molecular weight excluding hydrogens is 332 g/mol. The lowest BCUT2D eigenvalue weighted by molar-refractivity contribution is 0.0939. The van der Waals surface area contributed by atoms with Crippen molar-refractivity contribution in [1.82, 2.24) is 10.3 Å². The first kappa shape index (κ1) is 19.1. The summed E-state index contributed by atoms with van der Waals surface area (Å²) in [6, 6.07) is 18.2. The van der Waals surface area contributed by atoms with Gasteiger partial charge < -0.3 is 5.32 Å². The third-order valence-corrected chi connectivity index (χ3v) is 4.89. The number of nitrogens with zero attached hydrogens (tertiary/aromatic N) is 1. The lowest BCUT2D eigenvalue weighted by Gasteiger charge is -2.15. The van der Waals surface area contributed by atoms with E-state index in [0.717, 1.165) is 35.0 Å². The second-order valence-corrected chi connectivity index (χ2v) is 7.31. The third-order valence-electron chi connectivity index (χ3n) is 4.89. The van der Waals surface area contributed by atoms with E-state index < -0.39 is 0 Å². The molecule has 0 fully saturated rings. The van der Waals surface area contributed by atoms with Gasteiger partial charge in [0.25, 0.3) is 5.91 Å². The summed E-state index contributed by atoms with van der Waals surface area (Å²) < 4.78 is 0. The number of hydrogen-bond donors (Lipinski definition) is 1. The van der Waals surface area contributed by atoms with E-state index in [1.54, 1.807) is 0 Å². The van der Waals surface area contributed by atoms with Crippen molar-refractivity contribution in [3.63, 3.8) is 0 Å². The van der Waals surface area contributed by atoms with Crippen LogP contribution in [0.3, 0.4) is 0 Å². The van der Waals surface area contributed by atoms with Crippen LogP contribution >= 0.6 is 0 Å². The molecule has 1 atom stereocenters. The topological polar surface area (TPSA) is 42.0 Å². The van der Waals surface area contributed by atoms with Crippen LogP contribution in [0.5, 0.6) is 0 Å². The van der Waals surface area contributed by atoms with Crippen molar-refractivity contribution >= 4 is 16.8 Å². The van der Waals surface area contributed by atoms with Gasteiger partial charge in [-0.2, -0.15) is 0 Å². The number of pyridine rings is 1. The van der Waals surface area contributed by atoms with Crippen LogP contribution in [0.4, 0.5) is 0 Å². The van der Waals surface area contributed by atoms with Crippen molar-refractivity contribution in [3.05, 3.63) is 65.7 Å². The highest BCUT2D eigenvalue weighted by Crippen LogP contribution is 2.25. The summed E-state index contributed by atoms with van der Waals surface area (Å²) in [5.41, 5.74) is 4.59. The van der Waals surface area contributed by atoms with Gasteiger partial charge in [-0.3, -0.25) is 4.79 Å². The maximum atomic E-state index is 13.0. The molecule has 0 aliphatic carbocycles. The van der Waals surface area contributed by atoms with Crippen LogP contribution < -0.4 is 5.32 Å². The smallest absolute Gasteiger partial charge is 0.252 e. The molecule has 0 bridgehead atoms. The molecule has 1 aromatic heterocycles. The molecule has 1 N–H and O–H groups in total. The minimum absolute atomic E-state index is 0.0218. The van der Waals surface area contributed by atoms with Crippen LogP contribution in [0, 0.1) is 6.92 Å². The Kier molecular flexibility index (Phi) is 6.23. The van der Waals surface area contributed by atoms with Crippen LogP contribution in [-0.4, -0.2) is 16.9 Å². The lowest BCUT2D eigenvalue weighted by Crippen LogP contribution is -2.32. The number of fused-ring (bicyclic) bond motifs is 1. The molecule has 3 aromatic rings. The Morgan fingerprint density at radius 2 is 1.89 bits per heavy atom. The van der Waals surface area contributed by atoms with Crippen LogP contribution in [-0.2, 0) is 0 Å². The molecule has 1 heterocycles. The molecule has 140 valence electrons. The zero-order valence-electron chi connectivity index (χ0n) is 16.5. The van der Waals surface area contributed by atoms with Crippen molar-refractivity contribution in [2.75, 3.05) is 0 Å². The van der Waals surface area contributed by atoms with E-state index in [-0.39, 0.29) is 11.9 Å². The molecule has 0 saturated carbocycles. The SMILES string of the molecule is CCCCCC(C)NC(=O)c1cc(-c2cccc(C)c2)nc2ccccc12. The minimum atomic E-state index is -0.0218. The molecule has 1 amide bonds. The maximum absolute atomic E-state index is 13.0. The van der Waals surface area contributed by atoms with E-state index >= 15 is 0 Å². The van der Waals surface area contributed by atoms with Crippen molar-refractivity contribution in [2.45, 2.75) is 52.5 Å². The van der Waals surface area contributed by atoms with Gasteiger partial charge in [0.1, 0.15) is 0 Å². The number of nitrogens with one attached hydrogen (secondary N) is 1. The fourth-order valence-electron chi connectivity index (χ4n) is 3.39. The average molecular weight is 361 g/mol. The summed E-state index contributed by atoms with van der Waals surface area (Å²) >= 11 is 0. The fourth-order valence-corrected chi connectivity index (χ4v) is 3.39. The molecule has 2 aromatic carbocycles. The summed E-state index contributed by atoms with van der Waals surface area (Å²) in [5, 5.41) is 4.07. The molecule has 3 nitrogen and oxygen atoms in total. The third kappa shape index (κ3) is 4.73. The van der Waals surface area contributed by atoms with E-state index in [1.807, 2.05) is 42.5 Å². The molecule has 1 unspecified atom stereocenters. The molecule has 3 rings (SSSR count). The minimum Gasteiger partial charge on any atom is -0.350 e. The predicted octanol–water partition coefficient (Wildman–Crippen LogP) is 5.91. The highest BCUT2D eigenvalue weighted by Gasteiger charge is 2.15. The number of aromatic nitrogens is 1. The molecule has 3 heteroatoms. The number of unbranched alkanes of at least 4 members (excludes halogenated alkanes) is 2. The van der Waals surface area contributed by atoms with Gasteiger partial charge >= 0.3 is 0 Å². The Hall–Kier alpha value is -2.68. The Balaban J connectivity index is 1.94. The summed E-state index contributed by atoms with van der Waals surface area (Å²) in [7, 11) is 0. The number of carbonyl (C=O) groups excluding carboxylic acids is 1. The van der Waals surface area contributed by atoms with Gasteiger partial charge in [-0.05, 0) is 38.5 Å². The normalized spacial score (nSPS) is 12.1. The first-order chi connectivity index (χ1) is 13.1. The number of rotatable bonds is 7. The highest BCUT2D eigenvalue weighted by atomic mass is 16.1. The van der Waals surface area contributed by atoms with Crippen LogP contribution in [0.25, 0.3) is 22.2 Å². The largest absolute Gasteiger partial charge is 0.350 e. The fraction of sp³-hybridized carbons (Fsp3) is 0.333. The van der Waals surface area contributed by atoms with E-state index in [2.05, 4.69) is 38.2 Å². The van der Waals surface area contributed by atoms with Crippen molar-refractivity contribution in [3.8, 4) is 11.3 Å². The highest BCUT2D eigenvalue weighted by molar-refractivity contribution is 6.07. The summed E-state index contributed by atoms with van der Waals surface area (Å²) in [6.45, 7) is 6.34. The molecular formula is C24H28N2O. The summed E-state index contributed by atoms with van der Waals surface area (Å²) in [6.07, 6.45) is 4.54. The molecule has 0 aliphatic heterocycles. The maximum Gasteiger partial charge on any atom is 0.252 e. The summed E-state index contributed by atoms with van der Waals surface area (Å²) in [5.74, 6) is -0.0218. The number of aryl methyl sites for hydroxylation is 1. The average Bonchev–Trinajstić information content (AvgIpc) is 2.67. The molecule has 0 aliphatic rings. The van der Waals surface area contributed by atoms with Crippen molar-refractivity contribution in [2.24, 2.45) is 0 Å². The van der Waals surface area contributed by atoms with Gasteiger partial charge in [0, 0.05) is 17.0 Å². The summed E-state index contributed by atoms with van der Waals surface area (Å²) in [4.78, 5) is 17.8. The molecule has 27 heavy (non-hydrogen) atoms. The number of benzene rings is 2. The van der Waals surface area contributed by atoms with Gasteiger partial charge in [-0.25, -0.2) is 4.98 Å². The Morgan fingerprint density at radius 1 is 1.07 bits per heavy atom. The number of carbonyl (C=O) groups is 1. The van der Waals surface area contributed by atoms with Gasteiger partial charge in [0.15, 0.2) is 0 Å². The number of amides is 1. The van der Waals surface area contributed by atoms with Crippen molar-refractivity contribution < 1.29 is 4.79 Å². The Morgan fingerprint density at radius 3 is 2.67 bits per heavy atom. The molecule has 0 spiro atoms. The first-order valence-electron chi connectivity index (χ1n) is 9.86. The zero-order valence-corrected chi connectivity index (χ0v) is 16.5. The molecule has 0 saturated heterocycles. The van der Waals surface area contributed by atoms with Gasteiger partial charge in [0.2, 0.25) is 0 Å².